The first-order valence-corrected chi connectivity index (χ1v) is 5.63. The topological polar surface area (TPSA) is 64.2 Å². The van der Waals surface area contributed by atoms with Gasteiger partial charge in [-0.15, -0.1) is 0 Å². The summed E-state index contributed by atoms with van der Waals surface area (Å²) in [5.74, 6) is -0.0245. The van der Waals surface area contributed by atoms with E-state index in [4.69, 9.17) is 5.73 Å². The van der Waals surface area contributed by atoms with Crippen LogP contribution in [0.5, 0.6) is 0 Å². The van der Waals surface area contributed by atoms with Crippen molar-refractivity contribution in [3.05, 3.63) is 30.0 Å². The molecule has 1 aromatic carbocycles. The highest BCUT2D eigenvalue weighted by Gasteiger charge is 2.30. The minimum absolute atomic E-state index is 0.0245. The molecule has 0 radical (unpaired) electrons. The summed E-state index contributed by atoms with van der Waals surface area (Å²) in [7, 11) is 1.85. The third-order valence-corrected chi connectivity index (χ3v) is 3.16. The van der Waals surface area contributed by atoms with Gasteiger partial charge in [-0.1, -0.05) is 18.2 Å². The zero-order chi connectivity index (χ0) is 12.0. The smallest absolute Gasteiger partial charge is 0.275 e. The maximum atomic E-state index is 12.2. The van der Waals surface area contributed by atoms with Gasteiger partial charge in [0.25, 0.3) is 5.91 Å². The Balaban J connectivity index is 2.03. The van der Waals surface area contributed by atoms with Crippen molar-refractivity contribution in [2.45, 2.75) is 6.04 Å². The highest BCUT2D eigenvalue weighted by atomic mass is 16.2. The normalized spacial score (nSPS) is 16.2. The lowest BCUT2D eigenvalue weighted by molar-refractivity contribution is 0.0603. The molecule has 0 aliphatic carbocycles. The largest absolute Gasteiger partial charge is 0.334 e. The van der Waals surface area contributed by atoms with Crippen molar-refractivity contribution in [1.82, 2.24) is 14.7 Å². The number of hydrogen-bond acceptors (Lipinski definition) is 3. The molecule has 1 saturated heterocycles. The monoisotopic (exact) mass is 230 g/mol. The summed E-state index contributed by atoms with van der Waals surface area (Å²) in [4.78, 5) is 13.9. The van der Waals surface area contributed by atoms with E-state index in [1.807, 2.05) is 31.3 Å². The second-order valence-corrected chi connectivity index (χ2v) is 4.46. The first-order valence-electron chi connectivity index (χ1n) is 5.63. The molecule has 1 amide bonds. The summed E-state index contributed by atoms with van der Waals surface area (Å²) in [5.41, 5.74) is 7.18. The van der Waals surface area contributed by atoms with E-state index in [-0.39, 0.29) is 11.9 Å². The van der Waals surface area contributed by atoms with Gasteiger partial charge in [0.2, 0.25) is 0 Å². The van der Waals surface area contributed by atoms with Gasteiger partial charge in [0, 0.05) is 31.6 Å². The summed E-state index contributed by atoms with van der Waals surface area (Å²) in [5, 5.41) is 5.21. The van der Waals surface area contributed by atoms with Crippen molar-refractivity contribution in [3.63, 3.8) is 0 Å². The van der Waals surface area contributed by atoms with Crippen LogP contribution >= 0.6 is 0 Å². The van der Waals surface area contributed by atoms with Gasteiger partial charge < -0.3 is 10.6 Å². The fourth-order valence-electron chi connectivity index (χ4n) is 2.20. The summed E-state index contributed by atoms with van der Waals surface area (Å²) in [6.45, 7) is 1.26. The molecule has 2 N–H and O–H groups in total. The number of rotatable bonds is 1. The van der Waals surface area contributed by atoms with Crippen LogP contribution in [0.1, 0.15) is 10.5 Å². The average molecular weight is 230 g/mol. The quantitative estimate of drug-likeness (QED) is 0.769. The number of aromatic nitrogens is 2. The van der Waals surface area contributed by atoms with Crippen LogP contribution in [0, 0.1) is 0 Å². The molecule has 0 spiro atoms. The number of likely N-dealkylation sites (tertiary alicyclic amines) is 1. The number of amides is 1. The van der Waals surface area contributed by atoms with E-state index < -0.39 is 0 Å². The molecular weight excluding hydrogens is 216 g/mol. The summed E-state index contributed by atoms with van der Waals surface area (Å²) in [6.07, 6.45) is 0. The van der Waals surface area contributed by atoms with Crippen LogP contribution in [0.25, 0.3) is 10.9 Å². The molecule has 2 aromatic rings. The zero-order valence-corrected chi connectivity index (χ0v) is 9.63. The van der Waals surface area contributed by atoms with E-state index >= 15 is 0 Å². The minimum Gasteiger partial charge on any atom is -0.334 e. The lowest BCUT2D eigenvalue weighted by Gasteiger charge is -2.36. The van der Waals surface area contributed by atoms with Crippen molar-refractivity contribution >= 4 is 16.8 Å². The predicted octanol–water partition coefficient (Wildman–Crippen LogP) is 0.356. The van der Waals surface area contributed by atoms with E-state index in [9.17, 15) is 4.79 Å². The van der Waals surface area contributed by atoms with Crippen LogP contribution < -0.4 is 5.73 Å². The van der Waals surface area contributed by atoms with Gasteiger partial charge in [-0.2, -0.15) is 5.10 Å². The number of carbonyl (C=O) groups excluding carboxylic acids is 1. The number of hydrogen-bond donors (Lipinski definition) is 1. The fraction of sp³-hybridized carbons (Fsp3) is 0.333. The molecule has 5 heteroatoms. The van der Waals surface area contributed by atoms with Crippen molar-refractivity contribution in [2.75, 3.05) is 13.1 Å². The Morgan fingerprint density at radius 3 is 2.82 bits per heavy atom. The number of nitrogens with zero attached hydrogens (tertiary/aromatic N) is 3. The van der Waals surface area contributed by atoms with Gasteiger partial charge in [0.15, 0.2) is 5.69 Å². The molecule has 88 valence electrons. The van der Waals surface area contributed by atoms with Gasteiger partial charge >= 0.3 is 0 Å². The molecule has 2 heterocycles. The second kappa shape index (κ2) is 3.56. The van der Waals surface area contributed by atoms with Crippen molar-refractivity contribution in [3.8, 4) is 0 Å². The van der Waals surface area contributed by atoms with E-state index in [1.54, 1.807) is 9.58 Å². The molecular formula is C12H14N4O. The van der Waals surface area contributed by atoms with Crippen LogP contribution in [0.15, 0.2) is 24.3 Å². The highest BCUT2D eigenvalue weighted by Crippen LogP contribution is 2.20. The third kappa shape index (κ3) is 1.51. The zero-order valence-electron chi connectivity index (χ0n) is 9.63. The van der Waals surface area contributed by atoms with Gasteiger partial charge in [0.1, 0.15) is 0 Å². The molecule has 17 heavy (non-hydrogen) atoms. The predicted molar refractivity (Wildman–Crippen MR) is 64.6 cm³/mol. The highest BCUT2D eigenvalue weighted by molar-refractivity contribution is 6.05. The fourth-order valence-corrected chi connectivity index (χ4v) is 2.20. The summed E-state index contributed by atoms with van der Waals surface area (Å²) in [6, 6.07) is 7.87. The summed E-state index contributed by atoms with van der Waals surface area (Å²) < 4.78 is 1.74. The molecule has 1 aromatic heterocycles. The maximum absolute atomic E-state index is 12.2. The van der Waals surface area contributed by atoms with Crippen LogP contribution in [0.3, 0.4) is 0 Å². The first-order chi connectivity index (χ1) is 8.16. The van der Waals surface area contributed by atoms with Crippen molar-refractivity contribution < 1.29 is 4.79 Å². The Morgan fingerprint density at radius 2 is 2.12 bits per heavy atom. The molecule has 0 atom stereocenters. The van der Waals surface area contributed by atoms with E-state index in [2.05, 4.69) is 5.10 Å². The van der Waals surface area contributed by atoms with Crippen LogP contribution in [-0.4, -0.2) is 39.7 Å². The Bertz CT molecular complexity index is 583. The van der Waals surface area contributed by atoms with Crippen molar-refractivity contribution in [1.29, 1.82) is 0 Å². The van der Waals surface area contributed by atoms with E-state index in [0.717, 1.165) is 10.9 Å². The molecule has 0 unspecified atom stereocenters. The molecule has 1 fully saturated rings. The summed E-state index contributed by atoms with van der Waals surface area (Å²) >= 11 is 0. The maximum Gasteiger partial charge on any atom is 0.275 e. The van der Waals surface area contributed by atoms with Gasteiger partial charge in [-0.25, -0.2) is 0 Å². The standard InChI is InChI=1S/C12H14N4O/c1-15-10-5-3-2-4-9(10)11(14-15)12(17)16-6-8(13)7-16/h2-5,8H,6-7,13H2,1H3. The van der Waals surface area contributed by atoms with E-state index in [0.29, 0.717) is 18.8 Å². The lowest BCUT2D eigenvalue weighted by Crippen LogP contribution is -2.57. The number of nitrogens with two attached hydrogens (primary N) is 1. The van der Waals surface area contributed by atoms with Gasteiger partial charge in [0.05, 0.1) is 5.52 Å². The molecule has 0 saturated carbocycles. The van der Waals surface area contributed by atoms with Crippen LogP contribution in [0.2, 0.25) is 0 Å². The van der Waals surface area contributed by atoms with Crippen LogP contribution in [-0.2, 0) is 7.05 Å². The molecule has 5 nitrogen and oxygen atoms in total. The molecule has 1 aliphatic rings. The Hall–Kier alpha value is -1.88. The van der Waals surface area contributed by atoms with Crippen LogP contribution in [0.4, 0.5) is 0 Å². The van der Waals surface area contributed by atoms with Crippen molar-refractivity contribution in [2.24, 2.45) is 12.8 Å². The number of aryl methyl sites for hydroxylation is 1. The first kappa shape index (κ1) is 10.3. The number of carbonyl (C=O) groups is 1. The number of fused-ring (bicyclic) bond motifs is 1. The molecule has 3 rings (SSSR count). The average Bonchev–Trinajstić information content (AvgIpc) is 2.63. The number of benzene rings is 1. The molecule has 0 bridgehead atoms. The van der Waals surface area contributed by atoms with Gasteiger partial charge in [-0.3, -0.25) is 9.48 Å². The Morgan fingerprint density at radius 1 is 1.41 bits per heavy atom. The SMILES string of the molecule is Cn1nc(C(=O)N2CC(N)C2)c2ccccc21. The second-order valence-electron chi connectivity index (χ2n) is 4.46. The third-order valence-electron chi connectivity index (χ3n) is 3.16. The Labute approximate surface area is 98.8 Å². The minimum atomic E-state index is -0.0245. The Kier molecular flexibility index (Phi) is 2.16. The van der Waals surface area contributed by atoms with E-state index in [1.165, 1.54) is 0 Å². The number of para-hydroxylation sites is 1. The molecule has 1 aliphatic heterocycles. The lowest BCUT2D eigenvalue weighted by atomic mass is 10.1. The van der Waals surface area contributed by atoms with Gasteiger partial charge in [-0.05, 0) is 6.07 Å².